The van der Waals surface area contributed by atoms with E-state index in [-0.39, 0.29) is 42.5 Å². The Labute approximate surface area is 210 Å². The number of guanidine groups is 1. The minimum absolute atomic E-state index is 0. The molecule has 6 nitrogen and oxygen atoms in total. The van der Waals surface area contributed by atoms with E-state index >= 15 is 0 Å². The minimum Gasteiger partial charge on any atom is -0.345 e. The van der Waals surface area contributed by atoms with Crippen LogP contribution in [0.5, 0.6) is 0 Å². The first kappa shape index (κ1) is 27.2. The van der Waals surface area contributed by atoms with Crippen molar-refractivity contribution in [2.24, 2.45) is 4.99 Å². The van der Waals surface area contributed by atoms with Gasteiger partial charge in [-0.15, -0.1) is 24.0 Å². The lowest BCUT2D eigenvalue weighted by atomic mass is 10.1. The summed E-state index contributed by atoms with van der Waals surface area (Å²) in [6.45, 7) is 6.97. The number of nitrogens with one attached hydrogen (secondary N) is 1. The number of hydrogen-bond acceptors (Lipinski definition) is 3. The van der Waals surface area contributed by atoms with Crippen molar-refractivity contribution in [3.63, 3.8) is 0 Å². The molecule has 1 aromatic rings. The predicted molar refractivity (Wildman–Crippen MR) is 134 cm³/mol. The van der Waals surface area contributed by atoms with Crippen molar-refractivity contribution < 1.29 is 18.0 Å². The highest BCUT2D eigenvalue weighted by Crippen LogP contribution is 2.29. The third-order valence-electron chi connectivity index (χ3n) is 5.91. The van der Waals surface area contributed by atoms with Gasteiger partial charge in [-0.2, -0.15) is 13.2 Å². The Kier molecular flexibility index (Phi) is 10.3. The third kappa shape index (κ3) is 7.50. The number of hydrogen-bond donors (Lipinski definition) is 1. The number of piperazine rings is 1. The molecule has 0 bridgehead atoms. The van der Waals surface area contributed by atoms with Gasteiger partial charge in [-0.05, 0) is 38.0 Å². The van der Waals surface area contributed by atoms with Crippen molar-refractivity contribution in [3.8, 4) is 11.8 Å². The molecule has 0 aromatic heterocycles. The number of carbonyl (C=O) groups is 1. The van der Waals surface area contributed by atoms with Crippen LogP contribution in [0, 0.1) is 11.8 Å². The first-order valence-electron chi connectivity index (χ1n) is 10.9. The van der Waals surface area contributed by atoms with Crippen LogP contribution < -0.4 is 5.32 Å². The lowest BCUT2D eigenvalue weighted by molar-refractivity contribution is -0.137. The summed E-state index contributed by atoms with van der Waals surface area (Å²) in [5.74, 6) is 6.53. The summed E-state index contributed by atoms with van der Waals surface area (Å²) < 4.78 is 38.4. The van der Waals surface area contributed by atoms with Crippen molar-refractivity contribution in [1.82, 2.24) is 20.0 Å². The smallest absolute Gasteiger partial charge is 0.345 e. The molecule has 2 fully saturated rings. The molecule has 1 unspecified atom stereocenters. The average molecular weight is 577 g/mol. The van der Waals surface area contributed by atoms with Crippen LogP contribution >= 0.6 is 24.0 Å². The van der Waals surface area contributed by atoms with Gasteiger partial charge >= 0.3 is 6.18 Å². The fourth-order valence-electron chi connectivity index (χ4n) is 4.05. The van der Waals surface area contributed by atoms with Crippen molar-refractivity contribution >= 4 is 35.8 Å². The largest absolute Gasteiger partial charge is 0.416 e. The summed E-state index contributed by atoms with van der Waals surface area (Å²) in [6, 6.07) is 4.87. The number of nitrogens with zero attached hydrogens (tertiary/aromatic N) is 4. The van der Waals surface area contributed by atoms with E-state index < -0.39 is 11.7 Å². The van der Waals surface area contributed by atoms with Crippen LogP contribution in [-0.2, 0) is 11.0 Å². The fourth-order valence-corrected chi connectivity index (χ4v) is 4.05. The van der Waals surface area contributed by atoms with Crippen LogP contribution in [0.2, 0.25) is 0 Å². The molecule has 2 aliphatic rings. The topological polar surface area (TPSA) is 51.2 Å². The van der Waals surface area contributed by atoms with Crippen molar-refractivity contribution in [1.29, 1.82) is 0 Å². The molecule has 1 amide bonds. The summed E-state index contributed by atoms with van der Waals surface area (Å²) in [6.07, 6.45) is -2.20. The zero-order chi connectivity index (χ0) is 23.1. The Balaban J connectivity index is 0.00000385. The Morgan fingerprint density at radius 2 is 1.79 bits per heavy atom. The highest BCUT2D eigenvalue weighted by Gasteiger charge is 2.31. The molecule has 1 atom stereocenters. The summed E-state index contributed by atoms with van der Waals surface area (Å²) >= 11 is 0. The number of carbonyl (C=O) groups excluding carboxylic acids is 1. The van der Waals surface area contributed by atoms with Gasteiger partial charge in [0, 0.05) is 51.9 Å². The molecule has 0 radical (unpaired) electrons. The van der Waals surface area contributed by atoms with E-state index in [1.165, 1.54) is 6.07 Å². The summed E-state index contributed by atoms with van der Waals surface area (Å²) in [5, 5.41) is 3.15. The minimum atomic E-state index is -4.38. The van der Waals surface area contributed by atoms with Crippen molar-refractivity contribution in [2.75, 3.05) is 52.9 Å². The monoisotopic (exact) mass is 577 g/mol. The molecule has 2 heterocycles. The van der Waals surface area contributed by atoms with E-state index in [1.807, 2.05) is 11.8 Å². The number of benzene rings is 1. The second kappa shape index (κ2) is 12.5. The molecule has 10 heteroatoms. The SMILES string of the molecule is CN=C(NCC#Cc1cccc(C(F)(F)F)c1)N1CCN(C(C)C(=O)N2CCCC2)CC1.I. The normalized spacial score (nSPS) is 18.3. The van der Waals surface area contributed by atoms with Crippen LogP contribution in [0.15, 0.2) is 29.3 Å². The Hall–Kier alpha value is -2.00. The van der Waals surface area contributed by atoms with Crippen molar-refractivity contribution in [3.05, 3.63) is 35.4 Å². The number of likely N-dealkylation sites (tertiary alicyclic amines) is 1. The molecule has 0 aliphatic carbocycles. The molecule has 2 aliphatic heterocycles. The van der Waals surface area contributed by atoms with Gasteiger partial charge < -0.3 is 15.1 Å². The zero-order valence-electron chi connectivity index (χ0n) is 19.0. The van der Waals surface area contributed by atoms with Crippen molar-refractivity contribution in [2.45, 2.75) is 32.0 Å². The van der Waals surface area contributed by atoms with Crippen LogP contribution in [0.1, 0.15) is 30.9 Å². The molecule has 2 saturated heterocycles. The van der Waals surface area contributed by atoms with Gasteiger partial charge in [0.1, 0.15) is 0 Å². The lowest BCUT2D eigenvalue weighted by Crippen LogP contribution is -2.57. The maximum Gasteiger partial charge on any atom is 0.416 e. The Morgan fingerprint density at radius 3 is 2.39 bits per heavy atom. The fraction of sp³-hybridized carbons (Fsp3) is 0.565. The lowest BCUT2D eigenvalue weighted by Gasteiger charge is -2.39. The molecular weight excluding hydrogens is 546 g/mol. The van der Waals surface area contributed by atoms with E-state index in [4.69, 9.17) is 0 Å². The third-order valence-corrected chi connectivity index (χ3v) is 5.91. The molecule has 1 N–H and O–H groups in total. The molecule has 3 rings (SSSR count). The first-order chi connectivity index (χ1) is 15.3. The van der Waals surface area contributed by atoms with Gasteiger partial charge in [0.15, 0.2) is 5.96 Å². The number of halogens is 4. The molecule has 0 saturated carbocycles. The molecule has 33 heavy (non-hydrogen) atoms. The first-order valence-corrected chi connectivity index (χ1v) is 10.9. The quantitative estimate of drug-likeness (QED) is 0.260. The molecule has 0 spiro atoms. The molecule has 1 aromatic carbocycles. The van der Waals surface area contributed by atoms with E-state index in [0.29, 0.717) is 11.5 Å². The van der Waals surface area contributed by atoms with Crippen LogP contribution in [-0.4, -0.2) is 85.5 Å². The maximum atomic E-state index is 12.8. The number of alkyl halides is 3. The van der Waals surface area contributed by atoms with E-state index in [0.717, 1.165) is 64.2 Å². The van der Waals surface area contributed by atoms with Gasteiger partial charge in [-0.1, -0.05) is 17.9 Å². The molecular formula is C23H31F3IN5O. The summed E-state index contributed by atoms with van der Waals surface area (Å²) in [4.78, 5) is 23.2. The van der Waals surface area contributed by atoms with E-state index in [9.17, 15) is 18.0 Å². The van der Waals surface area contributed by atoms with Gasteiger partial charge in [0.25, 0.3) is 0 Å². The summed E-state index contributed by atoms with van der Waals surface area (Å²) in [7, 11) is 1.69. The summed E-state index contributed by atoms with van der Waals surface area (Å²) in [5.41, 5.74) is -0.384. The maximum absolute atomic E-state index is 12.8. The molecule has 182 valence electrons. The van der Waals surface area contributed by atoms with Crippen LogP contribution in [0.3, 0.4) is 0 Å². The second-order valence-corrected chi connectivity index (χ2v) is 8.01. The average Bonchev–Trinajstić information content (AvgIpc) is 3.33. The second-order valence-electron chi connectivity index (χ2n) is 8.01. The van der Waals surface area contributed by atoms with Crippen LogP contribution in [0.25, 0.3) is 0 Å². The zero-order valence-corrected chi connectivity index (χ0v) is 21.3. The standard InChI is InChI=1S/C23H30F3N5O.HI/c1-18(21(32)30-11-3-4-12-30)29-13-15-31(16-14-29)22(27-2)28-10-6-8-19-7-5-9-20(17-19)23(24,25)26;/h5,7,9,17-18H,3-4,10-16H2,1-2H3,(H,27,28);1H. The highest BCUT2D eigenvalue weighted by molar-refractivity contribution is 14.0. The van der Waals surface area contributed by atoms with Gasteiger partial charge in [0.05, 0.1) is 18.2 Å². The van der Waals surface area contributed by atoms with Gasteiger partial charge in [0.2, 0.25) is 5.91 Å². The number of rotatable bonds is 3. The highest BCUT2D eigenvalue weighted by atomic mass is 127. The predicted octanol–water partition coefficient (Wildman–Crippen LogP) is 2.88. The van der Waals surface area contributed by atoms with Crippen LogP contribution in [0.4, 0.5) is 13.2 Å². The number of aliphatic imine (C=N–C) groups is 1. The van der Waals surface area contributed by atoms with Gasteiger partial charge in [-0.3, -0.25) is 14.7 Å². The Morgan fingerprint density at radius 1 is 1.12 bits per heavy atom. The van der Waals surface area contributed by atoms with Gasteiger partial charge in [-0.25, -0.2) is 0 Å². The van der Waals surface area contributed by atoms with E-state index in [2.05, 4.69) is 31.9 Å². The van der Waals surface area contributed by atoms with E-state index in [1.54, 1.807) is 13.1 Å². The Bertz CT molecular complexity index is 882. The number of amides is 1.